The molecule has 0 aliphatic heterocycles. The third-order valence-electron chi connectivity index (χ3n) is 5.48. The molecular formula is C16H19NO. The predicted octanol–water partition coefficient (Wildman–Crippen LogP) is 3.34. The zero-order valence-electron chi connectivity index (χ0n) is 10.6. The summed E-state index contributed by atoms with van der Waals surface area (Å²) in [5.41, 5.74) is 0.829. The van der Waals surface area contributed by atoms with Crippen LogP contribution in [0.5, 0.6) is 0 Å². The van der Waals surface area contributed by atoms with Crippen molar-refractivity contribution in [2.75, 3.05) is 0 Å². The first-order chi connectivity index (χ1) is 8.81. The summed E-state index contributed by atoms with van der Waals surface area (Å²) in [4.78, 5) is 16.8. The maximum atomic E-state index is 12.7. The Balaban J connectivity index is 1.64. The van der Waals surface area contributed by atoms with Gasteiger partial charge in [-0.15, -0.1) is 0 Å². The maximum Gasteiger partial charge on any atom is 0.168 e. The zero-order valence-corrected chi connectivity index (χ0v) is 10.6. The molecule has 0 aromatic carbocycles. The van der Waals surface area contributed by atoms with Crippen LogP contribution in [0.1, 0.15) is 42.5 Å². The molecule has 2 heteroatoms. The average molecular weight is 241 g/mol. The topological polar surface area (TPSA) is 30.0 Å². The molecule has 5 rings (SSSR count). The highest BCUT2D eigenvalue weighted by Gasteiger charge is 2.50. The molecule has 2 nitrogen and oxygen atoms in total. The quantitative estimate of drug-likeness (QED) is 0.743. The molecular weight excluding hydrogens is 222 g/mol. The second-order valence-corrected chi connectivity index (χ2v) is 6.56. The maximum absolute atomic E-state index is 12.7. The molecule has 4 fully saturated rings. The van der Waals surface area contributed by atoms with Gasteiger partial charge in [-0.2, -0.15) is 0 Å². The fraction of sp³-hybridized carbons (Fsp3) is 0.625. The molecule has 0 spiro atoms. The van der Waals surface area contributed by atoms with Crippen molar-refractivity contribution in [1.82, 2.24) is 4.98 Å². The van der Waals surface area contributed by atoms with E-state index >= 15 is 0 Å². The minimum atomic E-state index is 0.307. The van der Waals surface area contributed by atoms with Crippen LogP contribution in [0.25, 0.3) is 0 Å². The lowest BCUT2D eigenvalue weighted by molar-refractivity contribution is -0.0251. The van der Waals surface area contributed by atoms with E-state index in [0.717, 1.165) is 17.4 Å². The van der Waals surface area contributed by atoms with Gasteiger partial charge in [0.25, 0.3) is 0 Å². The summed E-state index contributed by atoms with van der Waals surface area (Å²) in [6.07, 6.45) is 10.2. The lowest BCUT2D eigenvalue weighted by Crippen LogP contribution is -2.48. The Morgan fingerprint density at radius 1 is 1.06 bits per heavy atom. The number of Topliss-reactive ketones (excluding diaryl/α,β-unsaturated/α-hetero) is 1. The molecule has 0 radical (unpaired) electrons. The first-order valence-corrected chi connectivity index (χ1v) is 7.25. The van der Waals surface area contributed by atoms with Gasteiger partial charge < -0.3 is 0 Å². The second-order valence-electron chi connectivity index (χ2n) is 6.56. The molecule has 0 amide bonds. The smallest absolute Gasteiger partial charge is 0.168 e. The normalized spacial score (nSPS) is 41.0. The molecule has 4 bridgehead atoms. The number of pyridine rings is 1. The predicted molar refractivity (Wildman–Crippen MR) is 69.1 cm³/mol. The van der Waals surface area contributed by atoms with Gasteiger partial charge in [-0.25, -0.2) is 0 Å². The van der Waals surface area contributed by atoms with Gasteiger partial charge in [-0.05, 0) is 67.9 Å². The van der Waals surface area contributed by atoms with Crippen LogP contribution in [-0.4, -0.2) is 10.8 Å². The molecule has 4 aliphatic rings. The zero-order chi connectivity index (χ0) is 12.1. The monoisotopic (exact) mass is 241 g/mol. The number of nitrogens with zero attached hydrogens (tertiary/aromatic N) is 1. The van der Waals surface area contributed by atoms with E-state index in [1.54, 1.807) is 12.4 Å². The van der Waals surface area contributed by atoms with Gasteiger partial charge in [-0.1, -0.05) is 0 Å². The van der Waals surface area contributed by atoms with Crippen LogP contribution in [0.15, 0.2) is 24.5 Å². The molecule has 0 N–H and O–H groups in total. The average Bonchev–Trinajstić information content (AvgIpc) is 2.38. The summed E-state index contributed by atoms with van der Waals surface area (Å²) in [7, 11) is 0. The standard InChI is InChI=1S/C16H19NO/c18-16(12-2-1-3-17-9-12)15-13-5-10-4-11(7-13)8-14(15)6-10/h1-3,9-11,13-15H,4-8H2. The molecule has 4 aliphatic carbocycles. The van der Waals surface area contributed by atoms with Gasteiger partial charge >= 0.3 is 0 Å². The van der Waals surface area contributed by atoms with E-state index < -0.39 is 0 Å². The van der Waals surface area contributed by atoms with Gasteiger partial charge in [0, 0.05) is 23.9 Å². The van der Waals surface area contributed by atoms with Gasteiger partial charge in [0.1, 0.15) is 0 Å². The molecule has 0 atom stereocenters. The van der Waals surface area contributed by atoms with Gasteiger partial charge in [0.2, 0.25) is 0 Å². The van der Waals surface area contributed by atoms with Crippen molar-refractivity contribution in [2.24, 2.45) is 29.6 Å². The van der Waals surface area contributed by atoms with Crippen molar-refractivity contribution >= 4 is 5.78 Å². The van der Waals surface area contributed by atoms with Crippen molar-refractivity contribution in [3.63, 3.8) is 0 Å². The molecule has 1 aromatic heterocycles. The first kappa shape index (κ1) is 10.7. The van der Waals surface area contributed by atoms with Crippen molar-refractivity contribution in [3.8, 4) is 0 Å². The highest BCUT2D eigenvalue weighted by atomic mass is 16.1. The fourth-order valence-electron chi connectivity index (χ4n) is 5.05. The Morgan fingerprint density at radius 3 is 2.28 bits per heavy atom. The van der Waals surface area contributed by atoms with E-state index in [-0.39, 0.29) is 0 Å². The Morgan fingerprint density at radius 2 is 1.72 bits per heavy atom. The number of rotatable bonds is 2. The van der Waals surface area contributed by atoms with Crippen molar-refractivity contribution in [2.45, 2.75) is 32.1 Å². The third-order valence-corrected chi connectivity index (χ3v) is 5.48. The third kappa shape index (κ3) is 1.54. The Kier molecular flexibility index (Phi) is 2.33. The molecule has 0 unspecified atom stereocenters. The largest absolute Gasteiger partial charge is 0.294 e. The van der Waals surface area contributed by atoms with E-state index in [2.05, 4.69) is 4.98 Å². The Bertz CT molecular complexity index is 439. The molecule has 1 heterocycles. The number of hydrogen-bond donors (Lipinski definition) is 0. The molecule has 1 aromatic rings. The Labute approximate surface area is 108 Å². The summed E-state index contributed by atoms with van der Waals surface area (Å²) in [6, 6.07) is 3.81. The molecule has 94 valence electrons. The van der Waals surface area contributed by atoms with Gasteiger partial charge in [0.15, 0.2) is 5.78 Å². The number of hydrogen-bond acceptors (Lipinski definition) is 2. The highest BCUT2D eigenvalue weighted by Crippen LogP contribution is 2.57. The lowest BCUT2D eigenvalue weighted by Gasteiger charge is -2.53. The minimum Gasteiger partial charge on any atom is -0.294 e. The van der Waals surface area contributed by atoms with E-state index in [1.165, 1.54) is 32.1 Å². The van der Waals surface area contributed by atoms with Crippen LogP contribution in [0.3, 0.4) is 0 Å². The van der Waals surface area contributed by atoms with E-state index in [4.69, 9.17) is 0 Å². The number of aromatic nitrogens is 1. The first-order valence-electron chi connectivity index (χ1n) is 7.25. The number of carbonyl (C=O) groups is 1. The second kappa shape index (κ2) is 3.91. The van der Waals surface area contributed by atoms with Crippen LogP contribution in [0.2, 0.25) is 0 Å². The van der Waals surface area contributed by atoms with Crippen LogP contribution < -0.4 is 0 Å². The summed E-state index contributed by atoms with van der Waals surface area (Å²) in [5, 5.41) is 0. The minimum absolute atomic E-state index is 0.307. The summed E-state index contributed by atoms with van der Waals surface area (Å²) in [6.45, 7) is 0. The van der Waals surface area contributed by atoms with E-state index in [9.17, 15) is 4.79 Å². The van der Waals surface area contributed by atoms with Crippen molar-refractivity contribution in [1.29, 1.82) is 0 Å². The Hall–Kier alpha value is -1.18. The summed E-state index contributed by atoms with van der Waals surface area (Å²) in [5.74, 6) is 3.90. The SMILES string of the molecule is O=C(c1cccnc1)C1C2CC3CC(C2)CC1C3. The van der Waals surface area contributed by atoms with Crippen LogP contribution in [-0.2, 0) is 0 Å². The van der Waals surface area contributed by atoms with Gasteiger partial charge in [-0.3, -0.25) is 9.78 Å². The summed E-state index contributed by atoms with van der Waals surface area (Å²) < 4.78 is 0. The lowest BCUT2D eigenvalue weighted by atomic mass is 9.51. The summed E-state index contributed by atoms with van der Waals surface area (Å²) >= 11 is 0. The van der Waals surface area contributed by atoms with E-state index in [1.807, 2.05) is 12.1 Å². The van der Waals surface area contributed by atoms with Gasteiger partial charge in [0.05, 0.1) is 0 Å². The van der Waals surface area contributed by atoms with E-state index in [0.29, 0.717) is 23.5 Å². The fourth-order valence-corrected chi connectivity index (χ4v) is 5.05. The molecule has 4 saturated carbocycles. The van der Waals surface area contributed by atoms with Crippen LogP contribution >= 0.6 is 0 Å². The molecule has 0 saturated heterocycles. The van der Waals surface area contributed by atoms with Crippen LogP contribution in [0.4, 0.5) is 0 Å². The highest BCUT2D eigenvalue weighted by molar-refractivity contribution is 5.98. The number of carbonyl (C=O) groups excluding carboxylic acids is 1. The molecule has 18 heavy (non-hydrogen) atoms. The van der Waals surface area contributed by atoms with Crippen molar-refractivity contribution in [3.05, 3.63) is 30.1 Å². The van der Waals surface area contributed by atoms with Crippen molar-refractivity contribution < 1.29 is 4.79 Å². The number of ketones is 1. The van der Waals surface area contributed by atoms with Crippen LogP contribution in [0, 0.1) is 29.6 Å².